The highest BCUT2D eigenvalue weighted by Crippen LogP contribution is 2.17. The first-order valence-corrected chi connectivity index (χ1v) is 5.59. The minimum absolute atomic E-state index is 0.119. The fraction of sp³-hybridized carbons (Fsp3) is 0.0769. The van der Waals surface area contributed by atoms with Gasteiger partial charge in [0.25, 0.3) is 5.56 Å². The molecule has 0 bridgehead atoms. The van der Waals surface area contributed by atoms with E-state index >= 15 is 0 Å². The second-order valence-corrected chi connectivity index (χ2v) is 4.21. The summed E-state index contributed by atoms with van der Waals surface area (Å²) in [4.78, 5) is 12.3. The van der Waals surface area contributed by atoms with E-state index in [9.17, 15) is 4.79 Å². The minimum Gasteiger partial charge on any atom is -0.398 e. The SMILES string of the molecule is Cc1cc(-n2ccc3c(N)cccc3c2=O)n[nH]1. The number of hydrogen-bond acceptors (Lipinski definition) is 3. The molecule has 0 unspecified atom stereocenters. The van der Waals surface area contributed by atoms with Gasteiger partial charge < -0.3 is 5.73 Å². The zero-order chi connectivity index (χ0) is 12.7. The molecule has 0 fully saturated rings. The Balaban J connectivity index is 2.34. The smallest absolute Gasteiger partial charge is 0.264 e. The molecule has 2 heterocycles. The van der Waals surface area contributed by atoms with E-state index in [2.05, 4.69) is 10.2 Å². The van der Waals surface area contributed by atoms with Gasteiger partial charge in [-0.15, -0.1) is 0 Å². The van der Waals surface area contributed by atoms with Crippen molar-refractivity contribution in [1.29, 1.82) is 0 Å². The molecule has 0 atom stereocenters. The Morgan fingerprint density at radius 2 is 2.11 bits per heavy atom. The van der Waals surface area contributed by atoms with Crippen LogP contribution in [-0.2, 0) is 0 Å². The normalized spacial score (nSPS) is 10.9. The number of fused-ring (bicyclic) bond motifs is 1. The maximum absolute atomic E-state index is 12.3. The second kappa shape index (κ2) is 3.73. The highest BCUT2D eigenvalue weighted by Gasteiger charge is 2.07. The van der Waals surface area contributed by atoms with Crippen molar-refractivity contribution < 1.29 is 0 Å². The van der Waals surface area contributed by atoms with Gasteiger partial charge in [0, 0.05) is 34.4 Å². The van der Waals surface area contributed by atoms with Crippen LogP contribution in [0.1, 0.15) is 5.69 Å². The number of hydrogen-bond donors (Lipinski definition) is 2. The Hall–Kier alpha value is -2.56. The Bertz CT molecular complexity index is 785. The topological polar surface area (TPSA) is 76.7 Å². The summed E-state index contributed by atoms with van der Waals surface area (Å²) in [5.74, 6) is 0.585. The summed E-state index contributed by atoms with van der Waals surface area (Å²) < 4.78 is 1.51. The Labute approximate surface area is 103 Å². The van der Waals surface area contributed by atoms with Gasteiger partial charge in [0.2, 0.25) is 0 Å². The molecule has 3 N–H and O–H groups in total. The fourth-order valence-electron chi connectivity index (χ4n) is 2.01. The third-order valence-electron chi connectivity index (χ3n) is 2.92. The zero-order valence-corrected chi connectivity index (χ0v) is 9.84. The van der Waals surface area contributed by atoms with Crippen molar-refractivity contribution in [2.45, 2.75) is 6.92 Å². The maximum Gasteiger partial charge on any atom is 0.264 e. The molecule has 0 amide bonds. The van der Waals surface area contributed by atoms with Crippen molar-refractivity contribution in [1.82, 2.24) is 14.8 Å². The van der Waals surface area contributed by atoms with Crippen LogP contribution in [0.4, 0.5) is 5.69 Å². The molecule has 0 aliphatic heterocycles. The molecular formula is C13H12N4O. The van der Waals surface area contributed by atoms with Gasteiger partial charge in [-0.1, -0.05) is 6.07 Å². The predicted octanol–water partition coefficient (Wildman–Crippen LogP) is 1.60. The van der Waals surface area contributed by atoms with Gasteiger partial charge in [-0.05, 0) is 25.1 Å². The van der Waals surface area contributed by atoms with Crippen LogP contribution in [0.15, 0.2) is 41.3 Å². The van der Waals surface area contributed by atoms with Crippen molar-refractivity contribution in [3.63, 3.8) is 0 Å². The van der Waals surface area contributed by atoms with Crippen LogP contribution >= 0.6 is 0 Å². The number of nitrogens with one attached hydrogen (secondary N) is 1. The Kier molecular flexibility index (Phi) is 2.19. The molecular weight excluding hydrogens is 228 g/mol. The molecule has 0 saturated carbocycles. The third-order valence-corrected chi connectivity index (χ3v) is 2.92. The lowest BCUT2D eigenvalue weighted by atomic mass is 10.1. The summed E-state index contributed by atoms with van der Waals surface area (Å²) in [6.07, 6.45) is 1.69. The zero-order valence-electron chi connectivity index (χ0n) is 9.84. The number of benzene rings is 1. The number of pyridine rings is 1. The number of aryl methyl sites for hydroxylation is 1. The van der Waals surface area contributed by atoms with Crippen molar-refractivity contribution in [3.8, 4) is 5.82 Å². The van der Waals surface area contributed by atoms with Gasteiger partial charge in [-0.3, -0.25) is 14.5 Å². The number of aromatic nitrogens is 3. The van der Waals surface area contributed by atoms with E-state index in [-0.39, 0.29) is 5.56 Å². The van der Waals surface area contributed by atoms with Crippen LogP contribution in [0, 0.1) is 6.92 Å². The van der Waals surface area contributed by atoms with Crippen LogP contribution in [0.25, 0.3) is 16.6 Å². The molecule has 5 heteroatoms. The maximum atomic E-state index is 12.3. The third kappa shape index (κ3) is 1.48. The van der Waals surface area contributed by atoms with Crippen molar-refractivity contribution in [2.24, 2.45) is 0 Å². The van der Waals surface area contributed by atoms with E-state index in [1.807, 2.05) is 19.1 Å². The van der Waals surface area contributed by atoms with E-state index in [0.717, 1.165) is 11.1 Å². The van der Waals surface area contributed by atoms with Crippen molar-refractivity contribution >= 4 is 16.5 Å². The molecule has 3 aromatic rings. The number of nitrogens with two attached hydrogens (primary N) is 1. The fourth-order valence-corrected chi connectivity index (χ4v) is 2.01. The van der Waals surface area contributed by atoms with Gasteiger partial charge in [0.05, 0.1) is 0 Å². The molecule has 18 heavy (non-hydrogen) atoms. The van der Waals surface area contributed by atoms with Crippen molar-refractivity contribution in [3.05, 3.63) is 52.6 Å². The second-order valence-electron chi connectivity index (χ2n) is 4.21. The first-order chi connectivity index (χ1) is 8.66. The van der Waals surface area contributed by atoms with Gasteiger partial charge in [-0.25, -0.2) is 0 Å². The molecule has 2 aromatic heterocycles. The highest BCUT2D eigenvalue weighted by atomic mass is 16.1. The monoisotopic (exact) mass is 240 g/mol. The standard InChI is InChI=1S/C13H12N4O/c1-8-7-12(16-15-8)17-6-5-9-10(13(17)18)3-2-4-11(9)14/h2-7H,14H2,1H3,(H,15,16). The van der Waals surface area contributed by atoms with Crippen LogP contribution in [0.5, 0.6) is 0 Å². The molecule has 3 rings (SSSR count). The van der Waals surface area contributed by atoms with Gasteiger partial charge >= 0.3 is 0 Å². The van der Waals surface area contributed by atoms with Gasteiger partial charge in [0.15, 0.2) is 5.82 Å². The molecule has 1 aromatic carbocycles. The van der Waals surface area contributed by atoms with E-state index in [1.54, 1.807) is 24.4 Å². The van der Waals surface area contributed by atoms with Crippen molar-refractivity contribution in [2.75, 3.05) is 5.73 Å². The summed E-state index contributed by atoms with van der Waals surface area (Å²) in [7, 11) is 0. The largest absolute Gasteiger partial charge is 0.398 e. The number of rotatable bonds is 1. The van der Waals surface area contributed by atoms with Crippen LogP contribution < -0.4 is 11.3 Å². The lowest BCUT2D eigenvalue weighted by Gasteiger charge is -2.05. The molecule has 0 aliphatic rings. The molecule has 5 nitrogen and oxygen atoms in total. The summed E-state index contributed by atoms with van der Waals surface area (Å²) in [6.45, 7) is 1.89. The molecule has 0 saturated heterocycles. The lowest BCUT2D eigenvalue weighted by molar-refractivity contribution is 0.922. The number of aromatic amines is 1. The summed E-state index contributed by atoms with van der Waals surface area (Å²) in [6, 6.07) is 8.98. The lowest BCUT2D eigenvalue weighted by Crippen LogP contribution is -2.18. The minimum atomic E-state index is -0.119. The summed E-state index contributed by atoms with van der Waals surface area (Å²) >= 11 is 0. The van der Waals surface area contributed by atoms with Crippen LogP contribution in [0.2, 0.25) is 0 Å². The number of anilines is 1. The number of nitrogens with zero attached hydrogens (tertiary/aromatic N) is 2. The average molecular weight is 240 g/mol. The number of H-pyrrole nitrogens is 1. The Morgan fingerprint density at radius 1 is 1.28 bits per heavy atom. The van der Waals surface area contributed by atoms with Crippen LogP contribution in [-0.4, -0.2) is 14.8 Å². The van der Waals surface area contributed by atoms with E-state index in [1.165, 1.54) is 4.57 Å². The number of nitrogen functional groups attached to an aromatic ring is 1. The molecule has 90 valence electrons. The van der Waals surface area contributed by atoms with E-state index in [4.69, 9.17) is 5.73 Å². The molecule has 0 spiro atoms. The Morgan fingerprint density at radius 3 is 2.83 bits per heavy atom. The quantitative estimate of drug-likeness (QED) is 0.634. The van der Waals surface area contributed by atoms with Crippen LogP contribution in [0.3, 0.4) is 0 Å². The molecule has 0 radical (unpaired) electrons. The van der Waals surface area contributed by atoms with E-state index < -0.39 is 0 Å². The summed E-state index contributed by atoms with van der Waals surface area (Å²) in [5.41, 5.74) is 7.24. The first-order valence-electron chi connectivity index (χ1n) is 5.59. The average Bonchev–Trinajstić information content (AvgIpc) is 2.77. The first kappa shape index (κ1) is 10.6. The molecule has 0 aliphatic carbocycles. The van der Waals surface area contributed by atoms with E-state index in [0.29, 0.717) is 16.9 Å². The predicted molar refractivity (Wildman–Crippen MR) is 70.8 cm³/mol. The van der Waals surface area contributed by atoms with Gasteiger partial charge in [0.1, 0.15) is 0 Å². The van der Waals surface area contributed by atoms with Gasteiger partial charge in [-0.2, -0.15) is 5.10 Å². The summed E-state index contributed by atoms with van der Waals surface area (Å²) in [5, 5.41) is 8.27. The highest BCUT2D eigenvalue weighted by molar-refractivity contribution is 5.92.